The minimum Gasteiger partial charge on any atom is -0.394 e. The van der Waals surface area contributed by atoms with Gasteiger partial charge in [0.1, 0.15) is 12.2 Å². The monoisotopic (exact) mass is 750 g/mol. The molecular formula is C47H91NO5. The molecule has 0 aliphatic rings. The van der Waals surface area contributed by atoms with Crippen molar-refractivity contribution < 1.29 is 25.2 Å². The highest BCUT2D eigenvalue weighted by molar-refractivity contribution is 5.80. The summed E-state index contributed by atoms with van der Waals surface area (Å²) < 4.78 is 0. The van der Waals surface area contributed by atoms with Crippen LogP contribution in [0.15, 0.2) is 24.3 Å². The van der Waals surface area contributed by atoms with Crippen LogP contribution in [0.1, 0.15) is 239 Å². The van der Waals surface area contributed by atoms with Crippen LogP contribution >= 0.6 is 0 Å². The van der Waals surface area contributed by atoms with E-state index in [1.54, 1.807) is 0 Å². The van der Waals surface area contributed by atoms with Crippen molar-refractivity contribution in [2.45, 2.75) is 263 Å². The first kappa shape index (κ1) is 51.8. The van der Waals surface area contributed by atoms with Crippen LogP contribution in [0.25, 0.3) is 0 Å². The lowest BCUT2D eigenvalue weighted by Crippen LogP contribution is -2.53. The molecule has 4 atom stereocenters. The van der Waals surface area contributed by atoms with E-state index in [-0.39, 0.29) is 0 Å². The number of hydrogen-bond acceptors (Lipinski definition) is 5. The Labute approximate surface area is 329 Å². The van der Waals surface area contributed by atoms with Crippen LogP contribution in [0.4, 0.5) is 0 Å². The minimum absolute atomic E-state index is 0.364. The maximum atomic E-state index is 12.5. The van der Waals surface area contributed by atoms with Crippen LogP contribution in [0.2, 0.25) is 0 Å². The molecule has 6 heteroatoms. The van der Waals surface area contributed by atoms with E-state index < -0.39 is 36.9 Å². The fourth-order valence-corrected chi connectivity index (χ4v) is 7.19. The Morgan fingerprint density at radius 1 is 0.453 bits per heavy atom. The van der Waals surface area contributed by atoms with Gasteiger partial charge in [0.25, 0.3) is 0 Å². The van der Waals surface area contributed by atoms with Crippen LogP contribution in [0.3, 0.4) is 0 Å². The van der Waals surface area contributed by atoms with Crippen LogP contribution in [-0.4, -0.2) is 57.3 Å². The Balaban J connectivity index is 3.70. The molecule has 0 bridgehead atoms. The predicted molar refractivity (Wildman–Crippen MR) is 228 cm³/mol. The van der Waals surface area contributed by atoms with Crippen LogP contribution in [-0.2, 0) is 4.79 Å². The van der Waals surface area contributed by atoms with Gasteiger partial charge >= 0.3 is 0 Å². The van der Waals surface area contributed by atoms with E-state index in [2.05, 4.69) is 43.5 Å². The van der Waals surface area contributed by atoms with E-state index in [0.717, 1.165) is 38.5 Å². The molecule has 0 radical (unpaired) electrons. The van der Waals surface area contributed by atoms with Crippen molar-refractivity contribution in [1.82, 2.24) is 5.32 Å². The number of nitrogens with one attached hydrogen (secondary N) is 1. The Morgan fingerprint density at radius 3 is 1.19 bits per heavy atom. The Hall–Kier alpha value is -1.21. The zero-order valence-corrected chi connectivity index (χ0v) is 35.3. The summed E-state index contributed by atoms with van der Waals surface area (Å²) in [4.78, 5) is 12.5. The molecule has 314 valence electrons. The molecule has 0 aliphatic heterocycles. The highest BCUT2D eigenvalue weighted by atomic mass is 16.3. The van der Waals surface area contributed by atoms with Gasteiger partial charge in [-0.25, -0.2) is 0 Å². The lowest BCUT2D eigenvalue weighted by Gasteiger charge is -2.27. The smallest absolute Gasteiger partial charge is 0.249 e. The Morgan fingerprint density at radius 2 is 0.792 bits per heavy atom. The second-order valence-electron chi connectivity index (χ2n) is 16.1. The topological polar surface area (TPSA) is 110 Å². The number of rotatable bonds is 42. The minimum atomic E-state index is -1.29. The van der Waals surface area contributed by atoms with Gasteiger partial charge in [0, 0.05) is 0 Å². The van der Waals surface area contributed by atoms with Gasteiger partial charge in [-0.15, -0.1) is 0 Å². The summed E-state index contributed by atoms with van der Waals surface area (Å²) in [5, 5.41) is 43.6. The SMILES string of the molecule is CCCCCCC/C=C/CC/C=C/CCCC(O)C(O)C(CO)NC(=O)C(O)CCCCCCCCCCCCCCCCCCCCCCCCC. The van der Waals surface area contributed by atoms with Crippen LogP contribution < -0.4 is 5.32 Å². The van der Waals surface area contributed by atoms with E-state index in [1.807, 2.05) is 0 Å². The van der Waals surface area contributed by atoms with Crippen molar-refractivity contribution >= 4 is 5.91 Å². The average Bonchev–Trinajstić information content (AvgIpc) is 3.16. The molecule has 0 fully saturated rings. The number of aliphatic hydroxyl groups excluding tert-OH is 4. The number of carbonyl (C=O) groups is 1. The Kier molecular flexibility index (Phi) is 41.0. The first-order chi connectivity index (χ1) is 26.0. The summed E-state index contributed by atoms with van der Waals surface area (Å²) in [7, 11) is 0. The van der Waals surface area contributed by atoms with Gasteiger partial charge < -0.3 is 25.7 Å². The molecule has 0 aromatic carbocycles. The van der Waals surface area contributed by atoms with Crippen molar-refractivity contribution in [1.29, 1.82) is 0 Å². The summed E-state index contributed by atoms with van der Waals surface area (Å²) in [5.41, 5.74) is 0. The predicted octanol–water partition coefficient (Wildman–Crippen LogP) is 12.4. The van der Waals surface area contributed by atoms with Crippen molar-refractivity contribution in [3.63, 3.8) is 0 Å². The second kappa shape index (κ2) is 41.9. The highest BCUT2D eigenvalue weighted by Gasteiger charge is 2.28. The van der Waals surface area contributed by atoms with Gasteiger partial charge in [0.05, 0.1) is 18.8 Å². The molecular weight excluding hydrogens is 659 g/mol. The van der Waals surface area contributed by atoms with E-state index in [1.165, 1.54) is 167 Å². The molecule has 0 rings (SSSR count). The molecule has 53 heavy (non-hydrogen) atoms. The van der Waals surface area contributed by atoms with Gasteiger partial charge in [0.2, 0.25) is 5.91 Å². The first-order valence-electron chi connectivity index (χ1n) is 23.2. The fraction of sp³-hybridized carbons (Fsp3) is 0.894. The van der Waals surface area contributed by atoms with Crippen LogP contribution in [0.5, 0.6) is 0 Å². The van der Waals surface area contributed by atoms with Crippen molar-refractivity contribution in [3.8, 4) is 0 Å². The second-order valence-corrected chi connectivity index (χ2v) is 16.1. The van der Waals surface area contributed by atoms with Gasteiger partial charge in [-0.1, -0.05) is 212 Å². The summed E-state index contributed by atoms with van der Waals surface area (Å²) in [6.45, 7) is 4.03. The maximum Gasteiger partial charge on any atom is 0.249 e. The zero-order chi connectivity index (χ0) is 38.9. The molecule has 1 amide bonds. The van der Waals surface area contributed by atoms with Gasteiger partial charge in [-0.05, 0) is 51.4 Å². The molecule has 0 aromatic rings. The summed E-state index contributed by atoms with van der Waals surface area (Å²) in [5.74, 6) is -0.595. The number of allylic oxidation sites excluding steroid dienone is 4. The molecule has 0 saturated carbocycles. The van der Waals surface area contributed by atoms with Gasteiger partial charge in [0.15, 0.2) is 0 Å². The summed E-state index contributed by atoms with van der Waals surface area (Å²) >= 11 is 0. The number of carbonyl (C=O) groups excluding carboxylic acids is 1. The molecule has 6 nitrogen and oxygen atoms in total. The third kappa shape index (κ3) is 36.2. The molecule has 5 N–H and O–H groups in total. The molecule has 0 saturated heterocycles. The van der Waals surface area contributed by atoms with Gasteiger partial charge in [-0.3, -0.25) is 4.79 Å². The Bertz CT molecular complexity index is 802. The average molecular weight is 750 g/mol. The lowest BCUT2D eigenvalue weighted by molar-refractivity contribution is -0.132. The van der Waals surface area contributed by atoms with E-state index in [9.17, 15) is 25.2 Å². The third-order valence-corrected chi connectivity index (χ3v) is 10.9. The van der Waals surface area contributed by atoms with Gasteiger partial charge in [-0.2, -0.15) is 0 Å². The van der Waals surface area contributed by atoms with Crippen LogP contribution in [0, 0.1) is 0 Å². The lowest BCUT2D eigenvalue weighted by atomic mass is 10.00. The van der Waals surface area contributed by atoms with Crippen molar-refractivity contribution in [2.24, 2.45) is 0 Å². The largest absolute Gasteiger partial charge is 0.394 e. The van der Waals surface area contributed by atoms with Crippen molar-refractivity contribution in [2.75, 3.05) is 6.61 Å². The van der Waals surface area contributed by atoms with E-state index in [0.29, 0.717) is 19.3 Å². The quantitative estimate of drug-likeness (QED) is 0.0315. The van der Waals surface area contributed by atoms with E-state index in [4.69, 9.17) is 0 Å². The standard InChI is InChI=1S/C47H91NO5/c1-3-5-7-9-11-13-15-17-19-20-21-22-23-24-25-26-27-29-31-33-35-37-39-41-45(51)47(53)48-43(42-49)46(52)44(50)40-38-36-34-32-30-28-18-16-14-12-10-8-6-4-2/h16,18,32,34,43-46,49-52H,3-15,17,19-31,33,35-42H2,1-2H3,(H,48,53)/b18-16+,34-32+. The highest BCUT2D eigenvalue weighted by Crippen LogP contribution is 2.16. The van der Waals surface area contributed by atoms with Crippen molar-refractivity contribution in [3.05, 3.63) is 24.3 Å². The molecule has 0 heterocycles. The molecule has 0 spiro atoms. The summed E-state index contributed by atoms with van der Waals surface area (Å²) in [6, 6.07) is -1.00. The number of unbranched alkanes of at least 4 members (excludes halogenated alkanes) is 29. The fourth-order valence-electron chi connectivity index (χ4n) is 7.19. The molecule has 4 unspecified atom stereocenters. The number of hydrogen-bond donors (Lipinski definition) is 5. The number of aliphatic hydroxyl groups is 4. The molecule has 0 aromatic heterocycles. The van der Waals surface area contributed by atoms with E-state index >= 15 is 0 Å². The molecule has 0 aliphatic carbocycles. The zero-order valence-electron chi connectivity index (χ0n) is 35.3. The normalized spacial score (nSPS) is 14.3. The third-order valence-electron chi connectivity index (χ3n) is 10.9. The summed E-state index contributed by atoms with van der Waals surface area (Å²) in [6.07, 6.45) is 47.9. The first-order valence-corrected chi connectivity index (χ1v) is 23.2. The maximum absolute atomic E-state index is 12.5. The number of amides is 1.